The van der Waals surface area contributed by atoms with Gasteiger partial charge < -0.3 is 19.1 Å². The molecule has 8 nitrogen and oxygen atoms in total. The average Bonchev–Trinajstić information content (AvgIpc) is 3.45. The minimum Gasteiger partial charge on any atom is -0.489 e. The molecule has 176 valence electrons. The molecule has 0 N–H and O–H groups in total. The molecule has 3 aromatic carbocycles. The smallest absolute Gasteiger partial charge is 0.262 e. The summed E-state index contributed by atoms with van der Waals surface area (Å²) in [5.74, 6) is 0.288. The predicted octanol–water partition coefficient (Wildman–Crippen LogP) is 3.81. The topological polar surface area (TPSA) is 85.4 Å². The molecule has 0 fully saturated rings. The van der Waals surface area contributed by atoms with E-state index in [1.54, 1.807) is 48.5 Å². The van der Waals surface area contributed by atoms with E-state index in [0.29, 0.717) is 40.7 Å². The highest BCUT2D eigenvalue weighted by Crippen LogP contribution is 2.36. The average molecular weight is 470 g/mol. The van der Waals surface area contributed by atoms with Gasteiger partial charge in [0.15, 0.2) is 11.5 Å². The van der Waals surface area contributed by atoms with Crippen LogP contribution in [-0.4, -0.2) is 42.6 Å². The zero-order valence-corrected chi connectivity index (χ0v) is 18.8. The Kier molecular flexibility index (Phi) is 5.93. The van der Waals surface area contributed by atoms with Crippen LogP contribution in [0, 0.1) is 0 Å². The number of imide groups is 1. The highest BCUT2D eigenvalue weighted by molar-refractivity contribution is 6.22. The van der Waals surface area contributed by atoms with E-state index in [1.165, 1.54) is 4.90 Å². The number of carbonyl (C=O) groups excluding carboxylic acids is 3. The maximum absolute atomic E-state index is 13.6. The number of fused-ring (bicyclic) bond motifs is 2. The first-order valence-corrected chi connectivity index (χ1v) is 11.0. The zero-order valence-electron chi connectivity index (χ0n) is 18.8. The Bertz CT molecular complexity index is 1300. The molecule has 2 aliphatic heterocycles. The van der Waals surface area contributed by atoms with E-state index >= 15 is 0 Å². The van der Waals surface area contributed by atoms with Gasteiger partial charge in [-0.2, -0.15) is 0 Å². The van der Waals surface area contributed by atoms with Crippen LogP contribution >= 0.6 is 0 Å². The molecule has 0 saturated carbocycles. The van der Waals surface area contributed by atoms with Crippen LogP contribution in [0.15, 0.2) is 79.4 Å². The molecule has 3 amide bonds. The van der Waals surface area contributed by atoms with Crippen molar-refractivity contribution in [3.05, 3.63) is 96.1 Å². The van der Waals surface area contributed by atoms with Crippen LogP contribution in [0.1, 0.15) is 26.3 Å². The van der Waals surface area contributed by atoms with Crippen molar-refractivity contribution >= 4 is 23.4 Å². The Hall–Kier alpha value is -4.59. The molecule has 0 radical (unpaired) electrons. The highest BCUT2D eigenvalue weighted by atomic mass is 16.7. The second kappa shape index (κ2) is 9.34. The summed E-state index contributed by atoms with van der Waals surface area (Å²) >= 11 is 0. The van der Waals surface area contributed by atoms with Crippen LogP contribution in [0.25, 0.3) is 0 Å². The van der Waals surface area contributed by atoms with Crippen molar-refractivity contribution in [1.82, 2.24) is 4.90 Å². The second-order valence-corrected chi connectivity index (χ2v) is 7.97. The number of nitrogens with zero attached hydrogens (tertiary/aromatic N) is 2. The monoisotopic (exact) mass is 470 g/mol. The van der Waals surface area contributed by atoms with Gasteiger partial charge in [-0.3, -0.25) is 19.3 Å². The number of hydrogen-bond donors (Lipinski definition) is 0. The molecule has 0 saturated heterocycles. The lowest BCUT2D eigenvalue weighted by Crippen LogP contribution is -2.42. The Labute approximate surface area is 201 Å². The molecule has 8 heteroatoms. The van der Waals surface area contributed by atoms with Crippen LogP contribution in [0.4, 0.5) is 5.69 Å². The molecule has 0 bridgehead atoms. The first-order chi connectivity index (χ1) is 17.1. The second-order valence-electron chi connectivity index (χ2n) is 7.97. The molecule has 0 unspecified atom stereocenters. The van der Waals surface area contributed by atoms with Crippen LogP contribution in [0.3, 0.4) is 0 Å². The summed E-state index contributed by atoms with van der Waals surface area (Å²) in [5, 5.41) is 0. The number of ether oxygens (including phenoxy) is 3. The van der Waals surface area contributed by atoms with E-state index in [9.17, 15) is 14.4 Å². The summed E-state index contributed by atoms with van der Waals surface area (Å²) in [6.07, 6.45) is 1.64. The van der Waals surface area contributed by atoms with E-state index in [0.717, 1.165) is 10.5 Å². The van der Waals surface area contributed by atoms with Gasteiger partial charge in [-0.05, 0) is 30.3 Å². The van der Waals surface area contributed by atoms with Gasteiger partial charge >= 0.3 is 0 Å². The van der Waals surface area contributed by atoms with Gasteiger partial charge in [0.25, 0.3) is 11.8 Å². The molecular formula is C27H22N2O6. The number of rotatable bonds is 8. The third kappa shape index (κ3) is 4.21. The molecule has 2 aliphatic rings. The Morgan fingerprint density at radius 1 is 0.971 bits per heavy atom. The van der Waals surface area contributed by atoms with E-state index in [2.05, 4.69) is 6.58 Å². The lowest BCUT2D eigenvalue weighted by molar-refractivity contribution is -0.119. The van der Waals surface area contributed by atoms with Crippen molar-refractivity contribution in [3.63, 3.8) is 0 Å². The number of benzene rings is 3. The molecule has 3 aromatic rings. The lowest BCUT2D eigenvalue weighted by Gasteiger charge is -2.26. The third-order valence-corrected chi connectivity index (χ3v) is 5.80. The molecule has 0 aliphatic carbocycles. The summed E-state index contributed by atoms with van der Waals surface area (Å²) in [6, 6.07) is 19.1. The van der Waals surface area contributed by atoms with Crippen LogP contribution in [-0.2, 0) is 11.3 Å². The standard InChI is InChI=1S/C27H22N2O6/c1-2-13-33-22-10-6-3-7-18(22)15-28(19-11-12-23-24(14-19)35-17-34-23)25(30)16-29-26(31)20-8-4-5-9-21(20)27(29)32/h2-12,14H,1,13,15-17H2. The number of amides is 3. The number of hydrogen-bond acceptors (Lipinski definition) is 6. The van der Waals surface area contributed by atoms with Crippen molar-refractivity contribution in [2.75, 3.05) is 24.8 Å². The zero-order chi connectivity index (χ0) is 24.4. The fourth-order valence-corrected chi connectivity index (χ4v) is 4.07. The van der Waals surface area contributed by atoms with Crippen molar-refractivity contribution in [2.24, 2.45) is 0 Å². The SMILES string of the molecule is C=CCOc1ccccc1CN(C(=O)CN1C(=O)c2ccccc2C1=O)c1ccc2c(c1)OCO2. The first-order valence-electron chi connectivity index (χ1n) is 11.0. The van der Waals surface area contributed by atoms with E-state index < -0.39 is 24.3 Å². The van der Waals surface area contributed by atoms with E-state index in [1.807, 2.05) is 24.3 Å². The van der Waals surface area contributed by atoms with Gasteiger partial charge in [0, 0.05) is 17.3 Å². The molecule has 5 rings (SSSR count). The Morgan fingerprint density at radius 2 is 1.66 bits per heavy atom. The summed E-state index contributed by atoms with van der Waals surface area (Å²) in [4.78, 5) is 41.8. The van der Waals surface area contributed by atoms with Gasteiger partial charge in [-0.15, -0.1) is 0 Å². The maximum Gasteiger partial charge on any atom is 0.262 e. The van der Waals surface area contributed by atoms with Crippen LogP contribution in [0.2, 0.25) is 0 Å². The van der Waals surface area contributed by atoms with Gasteiger partial charge in [-0.1, -0.05) is 43.0 Å². The fourth-order valence-electron chi connectivity index (χ4n) is 4.07. The lowest BCUT2D eigenvalue weighted by atomic mass is 10.1. The molecule has 2 heterocycles. The van der Waals surface area contributed by atoms with Crippen molar-refractivity contribution in [2.45, 2.75) is 6.54 Å². The molecule has 0 aromatic heterocycles. The van der Waals surface area contributed by atoms with Crippen molar-refractivity contribution in [3.8, 4) is 17.2 Å². The molecular weight excluding hydrogens is 448 g/mol. The van der Waals surface area contributed by atoms with E-state index in [4.69, 9.17) is 14.2 Å². The minimum atomic E-state index is -0.487. The number of anilines is 1. The molecule has 0 atom stereocenters. The van der Waals surface area contributed by atoms with E-state index in [-0.39, 0.29) is 13.3 Å². The van der Waals surface area contributed by atoms with Gasteiger partial charge in [0.05, 0.1) is 17.7 Å². The number of para-hydroxylation sites is 1. The molecule has 35 heavy (non-hydrogen) atoms. The van der Waals surface area contributed by atoms with Crippen LogP contribution < -0.4 is 19.1 Å². The van der Waals surface area contributed by atoms with Gasteiger partial charge in [0.1, 0.15) is 18.9 Å². The van der Waals surface area contributed by atoms with Crippen LogP contribution in [0.5, 0.6) is 17.2 Å². The summed E-state index contributed by atoms with van der Waals surface area (Å²) in [7, 11) is 0. The first kappa shape index (κ1) is 22.2. The largest absolute Gasteiger partial charge is 0.489 e. The third-order valence-electron chi connectivity index (χ3n) is 5.80. The fraction of sp³-hybridized carbons (Fsp3) is 0.148. The minimum absolute atomic E-state index is 0.0972. The predicted molar refractivity (Wildman–Crippen MR) is 128 cm³/mol. The van der Waals surface area contributed by atoms with Gasteiger partial charge in [0.2, 0.25) is 12.7 Å². The molecule has 0 spiro atoms. The Morgan fingerprint density at radius 3 is 2.40 bits per heavy atom. The quantitative estimate of drug-likeness (QED) is 0.368. The Balaban J connectivity index is 1.46. The summed E-state index contributed by atoms with van der Waals surface area (Å²) in [6.45, 7) is 3.83. The highest BCUT2D eigenvalue weighted by Gasteiger charge is 2.37. The summed E-state index contributed by atoms with van der Waals surface area (Å²) < 4.78 is 16.7. The normalized spacial score (nSPS) is 13.5. The maximum atomic E-state index is 13.6. The number of carbonyl (C=O) groups is 3. The van der Waals surface area contributed by atoms with Crippen molar-refractivity contribution in [1.29, 1.82) is 0 Å². The summed E-state index contributed by atoms with van der Waals surface area (Å²) in [5.41, 5.74) is 1.88. The van der Waals surface area contributed by atoms with Crippen molar-refractivity contribution < 1.29 is 28.6 Å². The van der Waals surface area contributed by atoms with Gasteiger partial charge in [-0.25, -0.2) is 0 Å².